The maximum atomic E-state index is 12.2. The molecule has 0 aromatic rings. The van der Waals surface area contributed by atoms with E-state index in [1.165, 1.54) is 11.9 Å². The standard InChI is InChI=1S/C9H14F3N3O2/c1-14(7(16)4-13)5-6-2-3-15(6)8(17)9(10,11)12/h6H,2-5,13H2,1H3. The Kier molecular flexibility index (Phi) is 3.97. The zero-order valence-corrected chi connectivity index (χ0v) is 9.33. The van der Waals surface area contributed by atoms with E-state index in [4.69, 9.17) is 5.73 Å². The lowest BCUT2D eigenvalue weighted by molar-refractivity contribution is -0.193. The number of hydrogen-bond acceptors (Lipinski definition) is 3. The van der Waals surface area contributed by atoms with Gasteiger partial charge in [0.15, 0.2) is 0 Å². The summed E-state index contributed by atoms with van der Waals surface area (Å²) < 4.78 is 36.5. The number of carbonyl (C=O) groups excluding carboxylic acids is 2. The van der Waals surface area contributed by atoms with Crippen LogP contribution in [0.4, 0.5) is 13.2 Å². The van der Waals surface area contributed by atoms with Crippen LogP contribution in [0.1, 0.15) is 6.42 Å². The van der Waals surface area contributed by atoms with Crippen molar-refractivity contribution in [1.82, 2.24) is 9.80 Å². The molecule has 2 amide bonds. The second-order valence-electron chi connectivity index (χ2n) is 3.92. The van der Waals surface area contributed by atoms with Crippen LogP contribution in [0.2, 0.25) is 0 Å². The van der Waals surface area contributed by atoms with Gasteiger partial charge in [-0.05, 0) is 6.42 Å². The molecule has 0 bridgehead atoms. The molecule has 0 spiro atoms. The van der Waals surface area contributed by atoms with Crippen LogP contribution in [0.3, 0.4) is 0 Å². The maximum absolute atomic E-state index is 12.2. The van der Waals surface area contributed by atoms with Crippen molar-refractivity contribution in [2.75, 3.05) is 26.7 Å². The highest BCUT2D eigenvalue weighted by molar-refractivity contribution is 5.83. The van der Waals surface area contributed by atoms with Gasteiger partial charge in [0.2, 0.25) is 5.91 Å². The smallest absolute Gasteiger partial charge is 0.343 e. The predicted molar refractivity (Wildman–Crippen MR) is 52.9 cm³/mol. The number of nitrogens with zero attached hydrogens (tertiary/aromatic N) is 2. The molecule has 98 valence electrons. The first-order valence-corrected chi connectivity index (χ1v) is 5.09. The third-order valence-electron chi connectivity index (χ3n) is 2.73. The number of likely N-dealkylation sites (tertiary alicyclic amines) is 1. The summed E-state index contributed by atoms with van der Waals surface area (Å²) >= 11 is 0. The third kappa shape index (κ3) is 3.09. The van der Waals surface area contributed by atoms with Crippen LogP contribution in [-0.2, 0) is 9.59 Å². The number of likely N-dealkylation sites (N-methyl/N-ethyl adjacent to an activating group) is 1. The molecule has 1 heterocycles. The molecule has 0 aromatic carbocycles. The van der Waals surface area contributed by atoms with E-state index >= 15 is 0 Å². The summed E-state index contributed by atoms with van der Waals surface area (Å²) in [7, 11) is 1.45. The summed E-state index contributed by atoms with van der Waals surface area (Å²) in [6, 6.07) is -0.565. The quantitative estimate of drug-likeness (QED) is 0.742. The molecular weight excluding hydrogens is 239 g/mol. The second kappa shape index (κ2) is 4.91. The predicted octanol–water partition coefficient (Wildman–Crippen LogP) is -0.433. The van der Waals surface area contributed by atoms with Gasteiger partial charge < -0.3 is 15.5 Å². The van der Waals surface area contributed by atoms with Crippen molar-refractivity contribution in [3.05, 3.63) is 0 Å². The van der Waals surface area contributed by atoms with Crippen LogP contribution in [0, 0.1) is 0 Å². The Morgan fingerprint density at radius 1 is 1.47 bits per heavy atom. The average molecular weight is 253 g/mol. The van der Waals surface area contributed by atoms with E-state index in [1.807, 2.05) is 0 Å². The first-order chi connectivity index (χ1) is 7.77. The highest BCUT2D eigenvalue weighted by Crippen LogP contribution is 2.26. The van der Waals surface area contributed by atoms with Crippen LogP contribution < -0.4 is 5.73 Å². The van der Waals surface area contributed by atoms with Crippen molar-refractivity contribution < 1.29 is 22.8 Å². The SMILES string of the molecule is CN(CC1CCN1C(=O)C(F)(F)F)C(=O)CN. The Labute approximate surface area is 96.3 Å². The maximum Gasteiger partial charge on any atom is 0.471 e. The molecule has 0 saturated carbocycles. The van der Waals surface area contributed by atoms with Gasteiger partial charge in [0.25, 0.3) is 0 Å². The summed E-state index contributed by atoms with van der Waals surface area (Å²) in [5.41, 5.74) is 5.12. The summed E-state index contributed by atoms with van der Waals surface area (Å²) in [6.07, 6.45) is -4.39. The van der Waals surface area contributed by atoms with E-state index in [1.54, 1.807) is 0 Å². The highest BCUT2D eigenvalue weighted by Gasteiger charge is 2.47. The molecule has 2 N–H and O–H groups in total. The minimum Gasteiger partial charge on any atom is -0.343 e. The lowest BCUT2D eigenvalue weighted by atomic mass is 10.0. The van der Waals surface area contributed by atoms with Crippen molar-refractivity contribution in [3.8, 4) is 0 Å². The Morgan fingerprint density at radius 2 is 2.06 bits per heavy atom. The highest BCUT2D eigenvalue weighted by atomic mass is 19.4. The van der Waals surface area contributed by atoms with Gasteiger partial charge in [-0.1, -0.05) is 0 Å². The fourth-order valence-electron chi connectivity index (χ4n) is 1.63. The van der Waals surface area contributed by atoms with Crippen LogP contribution in [0.15, 0.2) is 0 Å². The molecule has 1 unspecified atom stereocenters. The Balaban J connectivity index is 2.53. The van der Waals surface area contributed by atoms with Crippen molar-refractivity contribution in [2.24, 2.45) is 5.73 Å². The van der Waals surface area contributed by atoms with Crippen LogP contribution in [0.5, 0.6) is 0 Å². The second-order valence-corrected chi connectivity index (χ2v) is 3.92. The fraction of sp³-hybridized carbons (Fsp3) is 0.778. The normalized spacial score (nSPS) is 19.8. The number of amides is 2. The minimum atomic E-state index is -4.85. The number of carbonyl (C=O) groups is 2. The lowest BCUT2D eigenvalue weighted by Crippen LogP contribution is -2.59. The summed E-state index contributed by atoms with van der Waals surface area (Å²) in [5, 5.41) is 0. The van der Waals surface area contributed by atoms with Gasteiger partial charge in [-0.25, -0.2) is 0 Å². The third-order valence-corrected chi connectivity index (χ3v) is 2.73. The van der Waals surface area contributed by atoms with E-state index < -0.39 is 18.1 Å². The Bertz CT molecular complexity index is 319. The van der Waals surface area contributed by atoms with Crippen molar-refractivity contribution in [1.29, 1.82) is 0 Å². The van der Waals surface area contributed by atoms with E-state index in [9.17, 15) is 22.8 Å². The van der Waals surface area contributed by atoms with E-state index in [0.29, 0.717) is 6.42 Å². The van der Waals surface area contributed by atoms with E-state index in [0.717, 1.165) is 4.90 Å². The molecule has 1 saturated heterocycles. The number of hydrogen-bond donors (Lipinski definition) is 1. The fourth-order valence-corrected chi connectivity index (χ4v) is 1.63. The molecule has 5 nitrogen and oxygen atoms in total. The van der Waals surface area contributed by atoms with Gasteiger partial charge >= 0.3 is 12.1 Å². The molecule has 1 fully saturated rings. The topological polar surface area (TPSA) is 66.6 Å². The molecule has 17 heavy (non-hydrogen) atoms. The van der Waals surface area contributed by atoms with Crippen LogP contribution >= 0.6 is 0 Å². The van der Waals surface area contributed by atoms with E-state index in [2.05, 4.69) is 0 Å². The molecule has 8 heteroatoms. The van der Waals surface area contributed by atoms with Gasteiger partial charge in [0.05, 0.1) is 12.6 Å². The Morgan fingerprint density at radius 3 is 2.41 bits per heavy atom. The van der Waals surface area contributed by atoms with Gasteiger partial charge in [0, 0.05) is 20.1 Å². The minimum absolute atomic E-state index is 0.0770. The molecular formula is C9H14F3N3O2. The van der Waals surface area contributed by atoms with Gasteiger partial charge in [-0.2, -0.15) is 13.2 Å². The largest absolute Gasteiger partial charge is 0.471 e. The van der Waals surface area contributed by atoms with Crippen LogP contribution in [-0.4, -0.2) is 60.5 Å². The van der Waals surface area contributed by atoms with Gasteiger partial charge in [-0.3, -0.25) is 9.59 Å². The molecule has 1 aliphatic rings. The number of halogens is 3. The van der Waals surface area contributed by atoms with Crippen molar-refractivity contribution in [3.63, 3.8) is 0 Å². The molecule has 1 rings (SSSR count). The van der Waals surface area contributed by atoms with Crippen molar-refractivity contribution >= 4 is 11.8 Å². The number of rotatable bonds is 3. The first kappa shape index (κ1) is 13.8. The van der Waals surface area contributed by atoms with Gasteiger partial charge in [0.1, 0.15) is 0 Å². The zero-order valence-electron chi connectivity index (χ0n) is 9.33. The van der Waals surface area contributed by atoms with Crippen LogP contribution in [0.25, 0.3) is 0 Å². The summed E-state index contributed by atoms with van der Waals surface area (Å²) in [6.45, 7) is -0.0397. The molecule has 1 aliphatic heterocycles. The summed E-state index contributed by atoms with van der Waals surface area (Å²) in [4.78, 5) is 24.1. The first-order valence-electron chi connectivity index (χ1n) is 5.09. The number of nitrogens with two attached hydrogens (primary N) is 1. The lowest BCUT2D eigenvalue weighted by Gasteiger charge is -2.42. The zero-order chi connectivity index (χ0) is 13.2. The Hall–Kier alpha value is -1.31. The molecule has 0 aliphatic carbocycles. The molecule has 0 radical (unpaired) electrons. The monoisotopic (exact) mass is 253 g/mol. The molecule has 1 atom stereocenters. The molecule has 0 aromatic heterocycles. The van der Waals surface area contributed by atoms with Gasteiger partial charge in [-0.15, -0.1) is 0 Å². The van der Waals surface area contributed by atoms with E-state index in [-0.39, 0.29) is 25.5 Å². The average Bonchev–Trinajstić information content (AvgIpc) is 2.21. The summed E-state index contributed by atoms with van der Waals surface area (Å²) in [5.74, 6) is -2.21. The number of alkyl halides is 3. The van der Waals surface area contributed by atoms with Crippen molar-refractivity contribution in [2.45, 2.75) is 18.6 Å².